The number of para-hydroxylation sites is 1. The summed E-state index contributed by atoms with van der Waals surface area (Å²) in [6.45, 7) is 7.18. The van der Waals surface area contributed by atoms with Gasteiger partial charge < -0.3 is 4.90 Å². The second-order valence-corrected chi connectivity index (χ2v) is 7.26. The Bertz CT molecular complexity index is 662. The zero-order valence-electron chi connectivity index (χ0n) is 14.6. The Kier molecular flexibility index (Phi) is 4.52. The summed E-state index contributed by atoms with van der Waals surface area (Å²) >= 11 is 0. The first-order valence-corrected chi connectivity index (χ1v) is 9.28. The van der Waals surface area contributed by atoms with Gasteiger partial charge in [-0.25, -0.2) is 0 Å². The summed E-state index contributed by atoms with van der Waals surface area (Å²) in [5.41, 5.74) is 4.39. The third-order valence-electron chi connectivity index (χ3n) is 5.85. The van der Waals surface area contributed by atoms with Crippen LogP contribution < -0.4 is 4.90 Å². The van der Waals surface area contributed by atoms with Gasteiger partial charge in [-0.2, -0.15) is 0 Å². The van der Waals surface area contributed by atoms with Gasteiger partial charge in [-0.15, -0.1) is 0 Å². The highest BCUT2D eigenvalue weighted by atomic mass is 15.2. The van der Waals surface area contributed by atoms with Crippen LogP contribution in [0.3, 0.4) is 0 Å². The molecule has 24 heavy (non-hydrogen) atoms. The number of likely N-dealkylation sites (tertiary alicyclic amines) is 1. The molecule has 1 saturated heterocycles. The van der Waals surface area contributed by atoms with Crippen molar-refractivity contribution in [1.29, 1.82) is 0 Å². The maximum Gasteiger partial charge on any atom is 0.0399 e. The number of hydrogen-bond donors (Lipinski definition) is 0. The van der Waals surface area contributed by atoms with Crippen molar-refractivity contribution in [2.24, 2.45) is 5.92 Å². The van der Waals surface area contributed by atoms with E-state index in [0.29, 0.717) is 6.04 Å². The van der Waals surface area contributed by atoms with Gasteiger partial charge in [0.05, 0.1) is 0 Å². The standard InChI is InChI=1S/C21H27N3/c1-17(19-6-11-22-12-7-19)23-13-8-18(9-14-23)16-24-15-10-20-4-2-3-5-21(20)24/h2-7,11-12,17-18H,8-10,13-16H2,1H3/t17-/m0/s1. The molecule has 1 atom stereocenters. The summed E-state index contributed by atoms with van der Waals surface area (Å²) < 4.78 is 0. The average Bonchev–Trinajstić information content (AvgIpc) is 3.06. The lowest BCUT2D eigenvalue weighted by atomic mass is 9.94. The summed E-state index contributed by atoms with van der Waals surface area (Å²) in [5, 5.41) is 0. The van der Waals surface area contributed by atoms with Crippen LogP contribution in [-0.2, 0) is 6.42 Å². The fourth-order valence-electron chi connectivity index (χ4n) is 4.28. The predicted molar refractivity (Wildman–Crippen MR) is 99.3 cm³/mol. The quantitative estimate of drug-likeness (QED) is 0.851. The van der Waals surface area contributed by atoms with E-state index in [1.807, 2.05) is 12.4 Å². The highest BCUT2D eigenvalue weighted by Gasteiger charge is 2.27. The highest BCUT2D eigenvalue weighted by molar-refractivity contribution is 5.57. The fraction of sp³-hybridized carbons (Fsp3) is 0.476. The van der Waals surface area contributed by atoms with Crippen molar-refractivity contribution in [3.63, 3.8) is 0 Å². The summed E-state index contributed by atoms with van der Waals surface area (Å²) in [7, 11) is 0. The minimum atomic E-state index is 0.501. The van der Waals surface area contributed by atoms with Crippen molar-refractivity contribution < 1.29 is 0 Å². The normalized spacial score (nSPS) is 20.1. The molecule has 0 aliphatic carbocycles. The lowest BCUT2D eigenvalue weighted by molar-refractivity contribution is 0.143. The van der Waals surface area contributed by atoms with Crippen molar-refractivity contribution in [1.82, 2.24) is 9.88 Å². The third kappa shape index (κ3) is 3.18. The Morgan fingerprint density at radius 3 is 2.58 bits per heavy atom. The summed E-state index contributed by atoms with van der Waals surface area (Å²) in [6.07, 6.45) is 7.66. The largest absolute Gasteiger partial charge is 0.371 e. The molecule has 3 nitrogen and oxygen atoms in total. The Morgan fingerprint density at radius 1 is 1.04 bits per heavy atom. The van der Waals surface area contributed by atoms with Crippen LogP contribution in [0, 0.1) is 5.92 Å². The molecule has 2 aliphatic rings. The minimum Gasteiger partial charge on any atom is -0.371 e. The first kappa shape index (κ1) is 15.6. The van der Waals surface area contributed by atoms with Crippen LogP contribution in [0.15, 0.2) is 48.8 Å². The molecule has 0 saturated carbocycles. The molecule has 0 radical (unpaired) electrons. The summed E-state index contributed by atoms with van der Waals surface area (Å²) in [5.74, 6) is 0.831. The molecule has 0 spiro atoms. The van der Waals surface area contributed by atoms with Crippen LogP contribution >= 0.6 is 0 Å². The predicted octanol–water partition coefficient (Wildman–Crippen LogP) is 3.92. The number of pyridine rings is 1. The second-order valence-electron chi connectivity index (χ2n) is 7.26. The number of nitrogens with zero attached hydrogens (tertiary/aromatic N) is 3. The SMILES string of the molecule is C[C@@H](c1ccncc1)N1CCC(CN2CCc3ccccc32)CC1. The van der Waals surface area contributed by atoms with E-state index in [1.165, 1.54) is 62.3 Å². The molecular formula is C21H27N3. The lowest BCUT2D eigenvalue weighted by Gasteiger charge is -2.37. The number of hydrogen-bond acceptors (Lipinski definition) is 3. The van der Waals surface area contributed by atoms with E-state index in [1.54, 1.807) is 0 Å². The van der Waals surface area contributed by atoms with E-state index in [2.05, 4.69) is 58.1 Å². The van der Waals surface area contributed by atoms with Gasteiger partial charge in [-0.1, -0.05) is 18.2 Å². The molecule has 3 heterocycles. The second kappa shape index (κ2) is 6.94. The Morgan fingerprint density at radius 2 is 1.79 bits per heavy atom. The Hall–Kier alpha value is -1.87. The minimum absolute atomic E-state index is 0.501. The topological polar surface area (TPSA) is 19.4 Å². The van der Waals surface area contributed by atoms with Crippen molar-refractivity contribution >= 4 is 5.69 Å². The van der Waals surface area contributed by atoms with Crippen LogP contribution in [0.5, 0.6) is 0 Å². The molecule has 0 N–H and O–H groups in total. The monoisotopic (exact) mass is 321 g/mol. The van der Waals surface area contributed by atoms with Gasteiger partial charge in [-0.05, 0) is 74.5 Å². The third-order valence-corrected chi connectivity index (χ3v) is 5.85. The maximum absolute atomic E-state index is 4.14. The number of fused-ring (bicyclic) bond motifs is 1. The molecule has 0 bridgehead atoms. The molecule has 1 aromatic heterocycles. The van der Waals surface area contributed by atoms with E-state index in [-0.39, 0.29) is 0 Å². The van der Waals surface area contributed by atoms with E-state index in [0.717, 1.165) is 5.92 Å². The molecule has 3 heteroatoms. The molecule has 2 aliphatic heterocycles. The van der Waals surface area contributed by atoms with Gasteiger partial charge in [-0.3, -0.25) is 9.88 Å². The smallest absolute Gasteiger partial charge is 0.0399 e. The van der Waals surface area contributed by atoms with Gasteiger partial charge in [0, 0.05) is 37.2 Å². The van der Waals surface area contributed by atoms with E-state index < -0.39 is 0 Å². The number of anilines is 1. The number of piperidine rings is 1. The first-order chi connectivity index (χ1) is 11.8. The Balaban J connectivity index is 1.32. The van der Waals surface area contributed by atoms with Gasteiger partial charge in [0.2, 0.25) is 0 Å². The fourth-order valence-corrected chi connectivity index (χ4v) is 4.28. The first-order valence-electron chi connectivity index (χ1n) is 9.28. The van der Waals surface area contributed by atoms with Gasteiger partial charge >= 0.3 is 0 Å². The van der Waals surface area contributed by atoms with E-state index in [4.69, 9.17) is 0 Å². The van der Waals surface area contributed by atoms with Crippen molar-refractivity contribution in [2.75, 3.05) is 31.1 Å². The van der Waals surface area contributed by atoms with Crippen molar-refractivity contribution in [3.8, 4) is 0 Å². The van der Waals surface area contributed by atoms with Crippen LogP contribution in [0.25, 0.3) is 0 Å². The number of rotatable bonds is 4. The number of benzene rings is 1. The molecular weight excluding hydrogens is 294 g/mol. The van der Waals surface area contributed by atoms with E-state index >= 15 is 0 Å². The molecule has 0 amide bonds. The van der Waals surface area contributed by atoms with Gasteiger partial charge in [0.15, 0.2) is 0 Å². The molecule has 1 aromatic carbocycles. The van der Waals surface area contributed by atoms with Crippen molar-refractivity contribution in [3.05, 3.63) is 59.9 Å². The molecule has 0 unspecified atom stereocenters. The summed E-state index contributed by atoms with van der Waals surface area (Å²) in [6, 6.07) is 13.7. The van der Waals surface area contributed by atoms with Gasteiger partial charge in [0.1, 0.15) is 0 Å². The molecule has 1 fully saturated rings. The van der Waals surface area contributed by atoms with Crippen LogP contribution in [0.4, 0.5) is 5.69 Å². The van der Waals surface area contributed by atoms with Crippen LogP contribution in [0.1, 0.15) is 36.9 Å². The molecule has 126 valence electrons. The van der Waals surface area contributed by atoms with Gasteiger partial charge in [0.25, 0.3) is 0 Å². The highest BCUT2D eigenvalue weighted by Crippen LogP contribution is 2.31. The zero-order valence-corrected chi connectivity index (χ0v) is 14.6. The molecule has 2 aromatic rings. The van der Waals surface area contributed by atoms with Crippen LogP contribution in [-0.4, -0.2) is 36.1 Å². The summed E-state index contributed by atoms with van der Waals surface area (Å²) in [4.78, 5) is 9.38. The lowest BCUT2D eigenvalue weighted by Crippen LogP contribution is -2.39. The van der Waals surface area contributed by atoms with Crippen LogP contribution in [0.2, 0.25) is 0 Å². The number of aromatic nitrogens is 1. The zero-order chi connectivity index (χ0) is 16.4. The molecule has 4 rings (SSSR count). The Labute approximate surface area is 145 Å². The van der Waals surface area contributed by atoms with E-state index in [9.17, 15) is 0 Å². The van der Waals surface area contributed by atoms with Crippen molar-refractivity contribution in [2.45, 2.75) is 32.2 Å². The average molecular weight is 321 g/mol. The maximum atomic E-state index is 4.14.